The largest absolute Gasteiger partial charge is 0.375 e. The van der Waals surface area contributed by atoms with Crippen LogP contribution in [0.25, 0.3) is 0 Å². The number of thiazole rings is 1. The van der Waals surface area contributed by atoms with Gasteiger partial charge in [0.15, 0.2) is 5.13 Å². The number of carbonyl (C=O) groups excluding carboxylic acids is 1. The first-order valence-corrected chi connectivity index (χ1v) is 8.08. The summed E-state index contributed by atoms with van der Waals surface area (Å²) in [6, 6.07) is 0.741. The number of nitrogens with two attached hydrogens (primary N) is 1. The van der Waals surface area contributed by atoms with Gasteiger partial charge in [-0.25, -0.2) is 4.98 Å². The molecule has 0 bridgehead atoms. The standard InChI is InChI=1S/C14H24N4OS/c1-4-11-8-18(10(3)19)12(5-2)7-17(11)9-13-6-16-14(15)20-13/h6,11-12H,4-5,7-9H2,1-3H3,(H2,15,16). The SMILES string of the molecule is CCC1CN(C(C)=O)C(CC)CN1Cc1cnc(N)s1. The van der Waals surface area contributed by atoms with Gasteiger partial charge < -0.3 is 10.6 Å². The third-order valence-electron chi connectivity index (χ3n) is 4.09. The van der Waals surface area contributed by atoms with Gasteiger partial charge in [-0.1, -0.05) is 13.8 Å². The lowest BCUT2D eigenvalue weighted by Gasteiger charge is -2.45. The van der Waals surface area contributed by atoms with Crippen LogP contribution in [0.15, 0.2) is 6.20 Å². The summed E-state index contributed by atoms with van der Waals surface area (Å²) >= 11 is 1.55. The van der Waals surface area contributed by atoms with Gasteiger partial charge in [-0.2, -0.15) is 0 Å². The van der Waals surface area contributed by atoms with Gasteiger partial charge in [-0.05, 0) is 12.8 Å². The van der Waals surface area contributed by atoms with E-state index in [1.807, 2.05) is 11.1 Å². The van der Waals surface area contributed by atoms with E-state index in [4.69, 9.17) is 5.73 Å². The van der Waals surface area contributed by atoms with Crippen molar-refractivity contribution >= 4 is 22.4 Å². The van der Waals surface area contributed by atoms with Crippen molar-refractivity contribution in [2.75, 3.05) is 18.8 Å². The van der Waals surface area contributed by atoms with Crippen molar-refractivity contribution in [3.8, 4) is 0 Å². The molecule has 1 aliphatic rings. The molecule has 2 N–H and O–H groups in total. The van der Waals surface area contributed by atoms with Crippen molar-refractivity contribution in [1.29, 1.82) is 0 Å². The average Bonchev–Trinajstić information content (AvgIpc) is 2.83. The number of hydrogen-bond donors (Lipinski definition) is 1. The topological polar surface area (TPSA) is 62.5 Å². The number of rotatable bonds is 4. The second-order valence-electron chi connectivity index (χ2n) is 5.39. The zero-order valence-corrected chi connectivity index (χ0v) is 13.3. The molecule has 0 spiro atoms. The van der Waals surface area contributed by atoms with E-state index in [9.17, 15) is 4.79 Å². The number of nitrogen functional groups attached to an aromatic ring is 1. The quantitative estimate of drug-likeness (QED) is 0.922. The van der Waals surface area contributed by atoms with E-state index in [2.05, 4.69) is 23.7 Å². The molecule has 1 aromatic rings. The Morgan fingerprint density at radius 2 is 2.10 bits per heavy atom. The van der Waals surface area contributed by atoms with Crippen LogP contribution in [0.1, 0.15) is 38.5 Å². The monoisotopic (exact) mass is 296 g/mol. The van der Waals surface area contributed by atoms with Crippen molar-refractivity contribution in [2.24, 2.45) is 0 Å². The highest BCUT2D eigenvalue weighted by molar-refractivity contribution is 7.15. The molecule has 5 nitrogen and oxygen atoms in total. The molecule has 2 heterocycles. The molecule has 2 unspecified atom stereocenters. The van der Waals surface area contributed by atoms with Crippen LogP contribution in [0.2, 0.25) is 0 Å². The predicted octanol–water partition coefficient (Wildman–Crippen LogP) is 1.95. The fraction of sp³-hybridized carbons (Fsp3) is 0.714. The minimum absolute atomic E-state index is 0.192. The molecular formula is C14H24N4OS. The lowest BCUT2D eigenvalue weighted by molar-refractivity contribution is -0.135. The van der Waals surface area contributed by atoms with Crippen LogP contribution in [0.3, 0.4) is 0 Å². The first kappa shape index (κ1) is 15.3. The van der Waals surface area contributed by atoms with Crippen LogP contribution >= 0.6 is 11.3 Å². The van der Waals surface area contributed by atoms with Crippen LogP contribution in [-0.4, -0.2) is 45.9 Å². The second kappa shape index (κ2) is 6.54. The first-order chi connectivity index (χ1) is 9.55. The van der Waals surface area contributed by atoms with Gasteiger partial charge in [0.1, 0.15) is 0 Å². The maximum absolute atomic E-state index is 11.8. The van der Waals surface area contributed by atoms with Gasteiger partial charge in [0, 0.05) is 49.7 Å². The van der Waals surface area contributed by atoms with Crippen molar-refractivity contribution in [1.82, 2.24) is 14.8 Å². The summed E-state index contributed by atoms with van der Waals surface area (Å²) in [4.78, 5) is 21.6. The highest BCUT2D eigenvalue weighted by Crippen LogP contribution is 2.24. The number of piperazine rings is 1. The van der Waals surface area contributed by atoms with E-state index < -0.39 is 0 Å². The number of anilines is 1. The molecule has 1 saturated heterocycles. The summed E-state index contributed by atoms with van der Waals surface area (Å²) in [6.07, 6.45) is 3.91. The molecule has 20 heavy (non-hydrogen) atoms. The summed E-state index contributed by atoms with van der Waals surface area (Å²) in [5.74, 6) is 0.192. The fourth-order valence-electron chi connectivity index (χ4n) is 2.92. The Morgan fingerprint density at radius 1 is 1.40 bits per heavy atom. The van der Waals surface area contributed by atoms with Crippen LogP contribution in [0.4, 0.5) is 5.13 Å². The van der Waals surface area contributed by atoms with Gasteiger partial charge in [0.25, 0.3) is 0 Å². The normalized spacial score (nSPS) is 24.1. The number of aromatic nitrogens is 1. The number of carbonyl (C=O) groups is 1. The lowest BCUT2D eigenvalue weighted by Crippen LogP contribution is -2.58. The summed E-state index contributed by atoms with van der Waals surface area (Å²) in [5.41, 5.74) is 5.70. The molecule has 0 saturated carbocycles. The number of amides is 1. The zero-order chi connectivity index (χ0) is 14.7. The molecule has 112 valence electrons. The Balaban J connectivity index is 2.09. The molecule has 6 heteroatoms. The van der Waals surface area contributed by atoms with Gasteiger partial charge in [0.2, 0.25) is 5.91 Å². The molecule has 0 aromatic carbocycles. The van der Waals surface area contributed by atoms with E-state index in [0.29, 0.717) is 17.2 Å². The van der Waals surface area contributed by atoms with E-state index in [-0.39, 0.29) is 5.91 Å². The fourth-order valence-corrected chi connectivity index (χ4v) is 3.63. The average molecular weight is 296 g/mol. The Hall–Kier alpha value is -1.14. The predicted molar refractivity (Wildman–Crippen MR) is 82.5 cm³/mol. The smallest absolute Gasteiger partial charge is 0.219 e. The van der Waals surface area contributed by atoms with Crippen LogP contribution < -0.4 is 5.73 Å². The molecule has 1 aliphatic heterocycles. The van der Waals surface area contributed by atoms with Gasteiger partial charge in [-0.3, -0.25) is 9.69 Å². The van der Waals surface area contributed by atoms with E-state index >= 15 is 0 Å². The lowest BCUT2D eigenvalue weighted by atomic mass is 10.0. The van der Waals surface area contributed by atoms with Crippen LogP contribution in [-0.2, 0) is 11.3 Å². The first-order valence-electron chi connectivity index (χ1n) is 7.26. The molecule has 0 radical (unpaired) electrons. The maximum atomic E-state index is 11.8. The van der Waals surface area contributed by atoms with Crippen LogP contribution in [0, 0.1) is 0 Å². The third-order valence-corrected chi connectivity index (χ3v) is 4.90. The molecule has 0 aliphatic carbocycles. The van der Waals surface area contributed by atoms with Gasteiger partial charge in [-0.15, -0.1) is 11.3 Å². The van der Waals surface area contributed by atoms with Gasteiger partial charge in [0.05, 0.1) is 0 Å². The number of nitrogens with zero attached hydrogens (tertiary/aromatic N) is 3. The maximum Gasteiger partial charge on any atom is 0.219 e. The minimum atomic E-state index is 0.192. The summed E-state index contributed by atoms with van der Waals surface area (Å²) in [7, 11) is 0. The Bertz CT molecular complexity index is 462. The summed E-state index contributed by atoms with van der Waals surface area (Å²) in [6.45, 7) is 8.66. The van der Waals surface area contributed by atoms with Crippen molar-refractivity contribution < 1.29 is 4.79 Å². The van der Waals surface area contributed by atoms with Gasteiger partial charge >= 0.3 is 0 Å². The molecule has 1 amide bonds. The van der Waals surface area contributed by atoms with Crippen LogP contribution in [0.5, 0.6) is 0 Å². The highest BCUT2D eigenvalue weighted by atomic mass is 32.1. The second-order valence-corrected chi connectivity index (χ2v) is 6.54. The minimum Gasteiger partial charge on any atom is -0.375 e. The molecule has 1 fully saturated rings. The molecule has 2 atom stereocenters. The highest BCUT2D eigenvalue weighted by Gasteiger charge is 2.33. The van der Waals surface area contributed by atoms with Crippen molar-refractivity contribution in [2.45, 2.75) is 52.2 Å². The van der Waals surface area contributed by atoms with Crippen molar-refractivity contribution in [3.63, 3.8) is 0 Å². The number of hydrogen-bond acceptors (Lipinski definition) is 5. The van der Waals surface area contributed by atoms with E-state index in [0.717, 1.165) is 32.5 Å². The molecule has 1 aromatic heterocycles. The third kappa shape index (κ3) is 3.30. The van der Waals surface area contributed by atoms with E-state index in [1.54, 1.807) is 18.3 Å². The Kier molecular flexibility index (Phi) is 4.99. The summed E-state index contributed by atoms with van der Waals surface area (Å²) in [5, 5.41) is 0.627. The molecule has 2 rings (SSSR count). The van der Waals surface area contributed by atoms with E-state index in [1.165, 1.54) is 4.88 Å². The Labute approximate surface area is 124 Å². The zero-order valence-electron chi connectivity index (χ0n) is 12.5. The summed E-state index contributed by atoms with van der Waals surface area (Å²) < 4.78 is 0. The van der Waals surface area contributed by atoms with Crippen molar-refractivity contribution in [3.05, 3.63) is 11.1 Å². The molecular weight excluding hydrogens is 272 g/mol. The Morgan fingerprint density at radius 3 is 2.60 bits per heavy atom.